The van der Waals surface area contributed by atoms with E-state index in [0.29, 0.717) is 54.8 Å². The van der Waals surface area contributed by atoms with Gasteiger partial charge in [-0.15, -0.1) is 10.2 Å². The zero-order valence-electron chi connectivity index (χ0n) is 20.0. The van der Waals surface area contributed by atoms with Crippen LogP contribution in [0.1, 0.15) is 59.6 Å². The molecule has 1 fully saturated rings. The number of carbonyl (C=O) groups is 1. The fourth-order valence-electron chi connectivity index (χ4n) is 4.50. The van der Waals surface area contributed by atoms with Crippen LogP contribution in [0.2, 0.25) is 0 Å². The van der Waals surface area contributed by atoms with E-state index in [1.165, 1.54) is 0 Å². The monoisotopic (exact) mass is 465 g/mol. The summed E-state index contributed by atoms with van der Waals surface area (Å²) in [4.78, 5) is 18.4. The average Bonchev–Trinajstić information content (AvgIpc) is 3.31. The first-order valence-electron chi connectivity index (χ1n) is 11.8. The minimum atomic E-state index is -1.45. The summed E-state index contributed by atoms with van der Waals surface area (Å²) < 4.78 is 21.0. The molecule has 7 nitrogen and oxygen atoms in total. The first kappa shape index (κ1) is 23.9. The summed E-state index contributed by atoms with van der Waals surface area (Å²) in [5, 5.41) is 8.45. The van der Waals surface area contributed by atoms with Crippen LogP contribution in [0.3, 0.4) is 0 Å². The molecule has 0 atom stereocenters. The van der Waals surface area contributed by atoms with Crippen LogP contribution < -0.4 is 5.73 Å². The minimum Gasteiger partial charge on any atom is -0.399 e. The maximum absolute atomic E-state index is 15.6. The number of anilines is 1. The largest absolute Gasteiger partial charge is 0.399 e. The third-order valence-corrected chi connectivity index (χ3v) is 6.56. The van der Waals surface area contributed by atoms with E-state index in [0.717, 1.165) is 23.1 Å². The topological polar surface area (TPSA) is 97.1 Å². The van der Waals surface area contributed by atoms with Gasteiger partial charge in [0.2, 0.25) is 0 Å². The number of aromatic nitrogens is 3. The number of hydrogen-bond donors (Lipinski definition) is 2. The van der Waals surface area contributed by atoms with Crippen molar-refractivity contribution < 1.29 is 13.9 Å². The molecular formula is C26H32FN5O2. The zero-order chi connectivity index (χ0) is 24.3. The van der Waals surface area contributed by atoms with Crippen molar-refractivity contribution in [2.45, 2.75) is 52.3 Å². The number of nitrogen functional groups attached to an aromatic ring is 1. The van der Waals surface area contributed by atoms with E-state index in [2.05, 4.69) is 22.1 Å². The molecule has 180 valence electrons. The molecule has 1 amide bonds. The fraction of sp³-hybridized carbons (Fsp3) is 0.423. The van der Waals surface area contributed by atoms with Gasteiger partial charge in [0.05, 0.1) is 0 Å². The van der Waals surface area contributed by atoms with Gasteiger partial charge < -0.3 is 20.4 Å². The maximum Gasteiger partial charge on any atom is 0.254 e. The van der Waals surface area contributed by atoms with Crippen molar-refractivity contribution in [2.75, 3.05) is 25.4 Å². The molecule has 1 aliphatic heterocycles. The van der Waals surface area contributed by atoms with E-state index in [1.807, 2.05) is 26.0 Å². The number of nitrogens with one attached hydrogen (secondary N) is 1. The first-order valence-corrected chi connectivity index (χ1v) is 11.8. The number of piperidine rings is 1. The molecule has 4 rings (SSSR count). The van der Waals surface area contributed by atoms with Crippen LogP contribution in [0.5, 0.6) is 0 Å². The highest BCUT2D eigenvalue weighted by Gasteiger charge is 2.38. The van der Waals surface area contributed by atoms with Crippen LogP contribution in [0, 0.1) is 6.92 Å². The highest BCUT2D eigenvalue weighted by molar-refractivity contribution is 5.97. The summed E-state index contributed by atoms with van der Waals surface area (Å²) in [6.45, 7) is 7.58. The number of amides is 1. The lowest BCUT2D eigenvalue weighted by atomic mass is 9.85. The number of H-pyrrole nitrogens is 1. The molecule has 0 saturated carbocycles. The van der Waals surface area contributed by atoms with Gasteiger partial charge in [0.25, 0.3) is 5.91 Å². The minimum absolute atomic E-state index is 0.0881. The Bertz CT molecular complexity index is 1150. The number of aromatic amines is 1. The van der Waals surface area contributed by atoms with Gasteiger partial charge in [-0.3, -0.25) is 4.79 Å². The van der Waals surface area contributed by atoms with Gasteiger partial charge in [0, 0.05) is 49.4 Å². The Morgan fingerprint density at radius 3 is 2.53 bits per heavy atom. The van der Waals surface area contributed by atoms with Crippen molar-refractivity contribution >= 4 is 11.6 Å². The third kappa shape index (κ3) is 4.82. The number of likely N-dealkylation sites (tertiary alicyclic amines) is 1. The predicted molar refractivity (Wildman–Crippen MR) is 130 cm³/mol. The second kappa shape index (κ2) is 9.93. The smallest absolute Gasteiger partial charge is 0.254 e. The zero-order valence-corrected chi connectivity index (χ0v) is 20.0. The van der Waals surface area contributed by atoms with Crippen molar-refractivity contribution in [1.82, 2.24) is 20.1 Å². The summed E-state index contributed by atoms with van der Waals surface area (Å²) in [5.41, 5.74) is 8.96. The average molecular weight is 466 g/mol. The number of nitrogens with zero attached hydrogens (tertiary/aromatic N) is 3. The van der Waals surface area contributed by atoms with Crippen LogP contribution in [-0.2, 0) is 23.4 Å². The predicted octanol–water partition coefficient (Wildman–Crippen LogP) is 4.56. The molecule has 3 aromatic rings. The SMILES string of the molecule is CCOCc1nnc(-c2cc(C(=O)N3CCC(F)(c4ccc(N)cc4)CC3)c(C)cc2CC)[nH]1. The van der Waals surface area contributed by atoms with Crippen LogP contribution in [-0.4, -0.2) is 45.7 Å². The standard InChI is InChI=1S/C26H32FN5O2/c1-4-18-14-17(3)21(15-22(18)24-29-23(30-31-24)16-34-5-2)25(33)32-12-10-26(27,11-13-32)19-6-8-20(28)9-7-19/h6-9,14-15H,4-5,10-13,16,28H2,1-3H3,(H,29,30,31). The van der Waals surface area contributed by atoms with Gasteiger partial charge in [0.1, 0.15) is 12.3 Å². The number of nitrogens with two attached hydrogens (primary N) is 1. The second-order valence-corrected chi connectivity index (χ2v) is 8.81. The van der Waals surface area contributed by atoms with Crippen LogP contribution >= 0.6 is 0 Å². The maximum atomic E-state index is 15.6. The molecule has 1 saturated heterocycles. The molecule has 1 aliphatic rings. The van der Waals surface area contributed by atoms with Crippen molar-refractivity contribution in [1.29, 1.82) is 0 Å². The fourth-order valence-corrected chi connectivity index (χ4v) is 4.50. The highest BCUT2D eigenvalue weighted by atomic mass is 19.1. The van der Waals surface area contributed by atoms with Crippen LogP contribution in [0.4, 0.5) is 10.1 Å². The Hall–Kier alpha value is -3.26. The summed E-state index contributed by atoms with van der Waals surface area (Å²) in [5.74, 6) is 1.17. The number of alkyl halides is 1. The Morgan fingerprint density at radius 1 is 1.18 bits per heavy atom. The molecule has 34 heavy (non-hydrogen) atoms. The van der Waals surface area contributed by atoms with E-state index in [-0.39, 0.29) is 18.7 Å². The molecule has 8 heteroatoms. The highest BCUT2D eigenvalue weighted by Crippen LogP contribution is 2.38. The summed E-state index contributed by atoms with van der Waals surface area (Å²) in [7, 11) is 0. The van der Waals surface area contributed by atoms with Gasteiger partial charge in [-0.1, -0.05) is 25.1 Å². The van der Waals surface area contributed by atoms with E-state index >= 15 is 4.39 Å². The lowest BCUT2D eigenvalue weighted by Crippen LogP contribution is -2.43. The number of ether oxygens (including phenoxy) is 1. The quantitative estimate of drug-likeness (QED) is 0.499. The third-order valence-electron chi connectivity index (χ3n) is 6.56. The van der Waals surface area contributed by atoms with Gasteiger partial charge >= 0.3 is 0 Å². The van der Waals surface area contributed by atoms with Gasteiger partial charge in [0.15, 0.2) is 11.6 Å². The molecule has 0 bridgehead atoms. The molecule has 0 aliphatic carbocycles. The Kier molecular flexibility index (Phi) is 6.97. The Labute approximate surface area is 199 Å². The van der Waals surface area contributed by atoms with E-state index in [1.54, 1.807) is 29.2 Å². The number of benzene rings is 2. The molecular weight excluding hydrogens is 433 g/mol. The number of carbonyl (C=O) groups excluding carboxylic acids is 1. The van der Waals surface area contributed by atoms with Crippen molar-refractivity contribution in [2.24, 2.45) is 0 Å². The number of halogens is 1. The van der Waals surface area contributed by atoms with Crippen molar-refractivity contribution in [3.63, 3.8) is 0 Å². The molecule has 3 N–H and O–H groups in total. The molecule has 0 radical (unpaired) electrons. The normalized spacial score (nSPS) is 15.5. The molecule has 0 spiro atoms. The van der Waals surface area contributed by atoms with E-state index < -0.39 is 5.67 Å². The lowest BCUT2D eigenvalue weighted by Gasteiger charge is -2.37. The summed E-state index contributed by atoms with van der Waals surface area (Å²) >= 11 is 0. The number of hydrogen-bond acceptors (Lipinski definition) is 5. The van der Waals surface area contributed by atoms with E-state index in [9.17, 15) is 4.79 Å². The lowest BCUT2D eigenvalue weighted by molar-refractivity contribution is 0.0421. The molecule has 2 heterocycles. The summed E-state index contributed by atoms with van der Waals surface area (Å²) in [6, 6.07) is 10.8. The van der Waals surface area contributed by atoms with E-state index in [4.69, 9.17) is 10.5 Å². The molecule has 1 aromatic heterocycles. The number of rotatable bonds is 7. The molecule has 2 aromatic carbocycles. The second-order valence-electron chi connectivity index (χ2n) is 8.81. The van der Waals surface area contributed by atoms with Crippen LogP contribution in [0.15, 0.2) is 36.4 Å². The van der Waals surface area contributed by atoms with Crippen LogP contribution in [0.25, 0.3) is 11.4 Å². The van der Waals surface area contributed by atoms with Gasteiger partial charge in [-0.2, -0.15) is 0 Å². The Balaban J connectivity index is 1.55. The van der Waals surface area contributed by atoms with Gasteiger partial charge in [-0.25, -0.2) is 4.39 Å². The summed E-state index contributed by atoms with van der Waals surface area (Å²) in [6.07, 6.45) is 1.30. The van der Waals surface area contributed by atoms with Crippen molar-refractivity contribution in [3.8, 4) is 11.4 Å². The van der Waals surface area contributed by atoms with Gasteiger partial charge in [-0.05, 0) is 55.2 Å². The Morgan fingerprint density at radius 2 is 1.88 bits per heavy atom. The first-order chi connectivity index (χ1) is 16.3. The van der Waals surface area contributed by atoms with Crippen molar-refractivity contribution in [3.05, 3.63) is 64.5 Å². The molecule has 0 unspecified atom stereocenters. The number of aryl methyl sites for hydroxylation is 2.